The molecule has 1 aliphatic heterocycles. The second-order valence-electron chi connectivity index (χ2n) is 3.90. The van der Waals surface area contributed by atoms with E-state index in [9.17, 15) is 4.79 Å². The van der Waals surface area contributed by atoms with Crippen LogP contribution in [0.25, 0.3) is 0 Å². The van der Waals surface area contributed by atoms with Gasteiger partial charge in [-0.05, 0) is 12.8 Å². The highest BCUT2D eigenvalue weighted by molar-refractivity contribution is 5.76. The Morgan fingerprint density at radius 3 is 2.53 bits per heavy atom. The molecule has 0 aromatic carbocycles. The van der Waals surface area contributed by atoms with Gasteiger partial charge in [-0.3, -0.25) is 4.79 Å². The first-order chi connectivity index (χ1) is 7.27. The molecular weight excluding hydrogens is 194 g/mol. The van der Waals surface area contributed by atoms with Crippen LogP contribution in [0, 0.1) is 0 Å². The SMILES string of the molecule is COC(CN1CCCCCCC1=O)OC. The van der Waals surface area contributed by atoms with E-state index in [1.165, 1.54) is 12.8 Å². The summed E-state index contributed by atoms with van der Waals surface area (Å²) >= 11 is 0. The van der Waals surface area contributed by atoms with Crippen molar-refractivity contribution >= 4 is 5.91 Å². The van der Waals surface area contributed by atoms with Crippen molar-refractivity contribution in [1.82, 2.24) is 4.90 Å². The van der Waals surface area contributed by atoms with Crippen LogP contribution in [0.5, 0.6) is 0 Å². The van der Waals surface area contributed by atoms with Gasteiger partial charge < -0.3 is 14.4 Å². The van der Waals surface area contributed by atoms with Gasteiger partial charge in [0.15, 0.2) is 6.29 Å². The van der Waals surface area contributed by atoms with E-state index >= 15 is 0 Å². The van der Waals surface area contributed by atoms with Gasteiger partial charge in [0, 0.05) is 27.2 Å². The van der Waals surface area contributed by atoms with Gasteiger partial charge in [-0.25, -0.2) is 0 Å². The van der Waals surface area contributed by atoms with Gasteiger partial charge in [-0.2, -0.15) is 0 Å². The zero-order chi connectivity index (χ0) is 11.1. The Hall–Kier alpha value is -0.610. The Labute approximate surface area is 91.5 Å². The predicted octanol–water partition coefficient (Wildman–Crippen LogP) is 1.40. The van der Waals surface area contributed by atoms with Gasteiger partial charge in [0.25, 0.3) is 0 Å². The zero-order valence-corrected chi connectivity index (χ0v) is 9.70. The number of ether oxygens (including phenoxy) is 2. The van der Waals surface area contributed by atoms with Gasteiger partial charge in [0.05, 0.1) is 6.54 Å². The molecule has 4 heteroatoms. The van der Waals surface area contributed by atoms with Gasteiger partial charge in [-0.1, -0.05) is 12.8 Å². The predicted molar refractivity (Wildman–Crippen MR) is 57.5 cm³/mol. The third kappa shape index (κ3) is 4.18. The Balaban J connectivity index is 2.44. The lowest BCUT2D eigenvalue weighted by Gasteiger charge is -2.27. The van der Waals surface area contributed by atoms with E-state index < -0.39 is 0 Å². The molecule has 1 amide bonds. The fourth-order valence-corrected chi connectivity index (χ4v) is 1.83. The van der Waals surface area contributed by atoms with Crippen molar-refractivity contribution in [1.29, 1.82) is 0 Å². The monoisotopic (exact) mass is 215 g/mol. The largest absolute Gasteiger partial charge is 0.354 e. The summed E-state index contributed by atoms with van der Waals surface area (Å²) in [6.45, 7) is 1.38. The Kier molecular flexibility index (Phi) is 5.65. The van der Waals surface area contributed by atoms with Gasteiger partial charge >= 0.3 is 0 Å². The summed E-state index contributed by atoms with van der Waals surface area (Å²) < 4.78 is 10.2. The molecule has 0 aromatic rings. The average Bonchev–Trinajstić information content (AvgIpc) is 2.24. The highest BCUT2D eigenvalue weighted by Crippen LogP contribution is 2.12. The van der Waals surface area contributed by atoms with E-state index in [0.29, 0.717) is 13.0 Å². The number of hydrogen-bond donors (Lipinski definition) is 0. The van der Waals surface area contributed by atoms with E-state index in [2.05, 4.69) is 0 Å². The summed E-state index contributed by atoms with van der Waals surface area (Å²) in [5.41, 5.74) is 0. The molecule has 1 rings (SSSR count). The molecule has 0 saturated carbocycles. The average molecular weight is 215 g/mol. The summed E-state index contributed by atoms with van der Waals surface area (Å²) in [6, 6.07) is 0. The molecule has 0 N–H and O–H groups in total. The summed E-state index contributed by atoms with van der Waals surface area (Å²) in [5.74, 6) is 0.230. The molecule has 15 heavy (non-hydrogen) atoms. The topological polar surface area (TPSA) is 38.8 Å². The number of likely N-dealkylation sites (tertiary alicyclic amines) is 1. The maximum Gasteiger partial charge on any atom is 0.222 e. The van der Waals surface area contributed by atoms with Crippen LogP contribution in [0.2, 0.25) is 0 Å². The summed E-state index contributed by atoms with van der Waals surface area (Å²) in [6.07, 6.45) is 4.87. The maximum absolute atomic E-state index is 11.7. The van der Waals surface area contributed by atoms with E-state index in [0.717, 1.165) is 19.4 Å². The Morgan fingerprint density at radius 1 is 1.20 bits per heavy atom. The molecule has 1 aliphatic rings. The summed E-state index contributed by atoms with van der Waals surface area (Å²) in [5, 5.41) is 0. The first-order valence-electron chi connectivity index (χ1n) is 5.61. The van der Waals surface area contributed by atoms with Crippen molar-refractivity contribution in [2.75, 3.05) is 27.3 Å². The van der Waals surface area contributed by atoms with Crippen LogP contribution in [-0.2, 0) is 14.3 Å². The lowest BCUT2D eigenvalue weighted by Crippen LogP contribution is -2.40. The molecule has 0 radical (unpaired) electrons. The van der Waals surface area contributed by atoms with Crippen LogP contribution in [0.4, 0.5) is 0 Å². The van der Waals surface area contributed by atoms with Crippen LogP contribution < -0.4 is 0 Å². The van der Waals surface area contributed by atoms with Crippen molar-refractivity contribution in [3.8, 4) is 0 Å². The quantitative estimate of drug-likeness (QED) is 0.665. The Bertz CT molecular complexity index is 192. The number of hydrogen-bond acceptors (Lipinski definition) is 3. The first-order valence-corrected chi connectivity index (χ1v) is 5.61. The van der Waals surface area contributed by atoms with Gasteiger partial charge in [-0.15, -0.1) is 0 Å². The molecule has 1 heterocycles. The van der Waals surface area contributed by atoms with Crippen LogP contribution in [0.3, 0.4) is 0 Å². The fraction of sp³-hybridized carbons (Fsp3) is 0.909. The molecule has 1 saturated heterocycles. The van der Waals surface area contributed by atoms with Crippen LogP contribution in [0.15, 0.2) is 0 Å². The molecule has 0 spiro atoms. The van der Waals surface area contributed by atoms with Crippen molar-refractivity contribution in [3.63, 3.8) is 0 Å². The van der Waals surface area contributed by atoms with Crippen molar-refractivity contribution in [3.05, 3.63) is 0 Å². The minimum absolute atomic E-state index is 0.230. The summed E-state index contributed by atoms with van der Waals surface area (Å²) in [7, 11) is 3.20. The standard InChI is InChI=1S/C11H21NO3/c1-14-11(15-2)9-12-8-6-4-3-5-7-10(12)13/h11H,3-9H2,1-2H3. The normalized spacial score (nSPS) is 19.1. The number of rotatable bonds is 4. The van der Waals surface area contributed by atoms with Crippen molar-refractivity contribution < 1.29 is 14.3 Å². The molecule has 0 atom stereocenters. The third-order valence-electron chi connectivity index (χ3n) is 2.82. The van der Waals surface area contributed by atoms with Crippen LogP contribution >= 0.6 is 0 Å². The third-order valence-corrected chi connectivity index (χ3v) is 2.82. The zero-order valence-electron chi connectivity index (χ0n) is 9.70. The van der Waals surface area contributed by atoms with Crippen molar-refractivity contribution in [2.45, 2.75) is 38.4 Å². The molecule has 1 fully saturated rings. The second kappa shape index (κ2) is 6.80. The smallest absolute Gasteiger partial charge is 0.222 e. The molecule has 4 nitrogen and oxygen atoms in total. The number of nitrogens with zero attached hydrogens (tertiary/aromatic N) is 1. The first kappa shape index (κ1) is 12.5. The molecule has 0 aliphatic carbocycles. The fourth-order valence-electron chi connectivity index (χ4n) is 1.83. The molecule has 0 bridgehead atoms. The van der Waals surface area contributed by atoms with Gasteiger partial charge in [0.2, 0.25) is 5.91 Å². The molecule has 0 aromatic heterocycles. The maximum atomic E-state index is 11.7. The number of carbonyl (C=O) groups is 1. The van der Waals surface area contributed by atoms with E-state index in [1.54, 1.807) is 14.2 Å². The van der Waals surface area contributed by atoms with Crippen LogP contribution in [-0.4, -0.2) is 44.4 Å². The second-order valence-corrected chi connectivity index (χ2v) is 3.90. The molecular formula is C11H21NO3. The van der Waals surface area contributed by atoms with E-state index in [-0.39, 0.29) is 12.2 Å². The number of amides is 1. The minimum atomic E-state index is -0.298. The number of methoxy groups -OCH3 is 2. The lowest BCUT2D eigenvalue weighted by molar-refractivity contribution is -0.146. The molecule has 0 unspecified atom stereocenters. The highest BCUT2D eigenvalue weighted by atomic mass is 16.7. The molecule has 88 valence electrons. The van der Waals surface area contributed by atoms with Gasteiger partial charge in [0.1, 0.15) is 0 Å². The lowest BCUT2D eigenvalue weighted by atomic mass is 10.1. The highest BCUT2D eigenvalue weighted by Gasteiger charge is 2.19. The number of carbonyl (C=O) groups excluding carboxylic acids is 1. The Morgan fingerprint density at radius 2 is 1.87 bits per heavy atom. The summed E-state index contributed by atoms with van der Waals surface area (Å²) in [4.78, 5) is 13.6. The van der Waals surface area contributed by atoms with Crippen LogP contribution in [0.1, 0.15) is 32.1 Å². The van der Waals surface area contributed by atoms with E-state index in [4.69, 9.17) is 9.47 Å². The minimum Gasteiger partial charge on any atom is -0.354 e. The van der Waals surface area contributed by atoms with Crippen molar-refractivity contribution in [2.24, 2.45) is 0 Å². The van der Waals surface area contributed by atoms with E-state index in [1.807, 2.05) is 4.90 Å².